The highest BCUT2D eigenvalue weighted by Gasteiger charge is 2.37. The van der Waals surface area contributed by atoms with Gasteiger partial charge in [0.15, 0.2) is 5.82 Å². The van der Waals surface area contributed by atoms with Gasteiger partial charge in [-0.25, -0.2) is 18.2 Å². The molecule has 0 saturated carbocycles. The third kappa shape index (κ3) is 4.79. The Hall–Kier alpha value is -4.64. The lowest BCUT2D eigenvalue weighted by atomic mass is 10.0. The Morgan fingerprint density at radius 2 is 2.00 bits per heavy atom. The number of nitrogens with zero attached hydrogens (tertiary/aromatic N) is 6. The largest absolute Gasteiger partial charge is 0.335 e. The zero-order valence-corrected chi connectivity index (χ0v) is 21.6. The van der Waals surface area contributed by atoms with Crippen molar-refractivity contribution in [1.29, 1.82) is 0 Å². The van der Waals surface area contributed by atoms with Crippen LogP contribution < -0.4 is 10.6 Å². The fourth-order valence-electron chi connectivity index (χ4n) is 4.95. The highest BCUT2D eigenvalue weighted by molar-refractivity contribution is 5.95. The lowest BCUT2D eigenvalue weighted by Crippen LogP contribution is -2.26. The molecule has 0 atom stereocenters. The molecule has 0 amide bonds. The Bertz CT molecular complexity index is 1840. The first kappa shape index (κ1) is 25.6. The molecule has 0 aromatic carbocycles. The summed E-state index contributed by atoms with van der Waals surface area (Å²) in [7, 11) is 0. The number of hydrogen-bond acceptors (Lipinski definition) is 6. The molecule has 40 heavy (non-hydrogen) atoms. The van der Waals surface area contributed by atoms with E-state index in [-0.39, 0.29) is 29.5 Å². The second-order valence-electron chi connectivity index (χ2n) is 9.75. The summed E-state index contributed by atoms with van der Waals surface area (Å²) >= 11 is 0. The Kier molecular flexibility index (Phi) is 6.51. The zero-order valence-electron chi connectivity index (χ0n) is 21.6. The molecule has 2 N–H and O–H groups in total. The average molecular weight is 543 g/mol. The van der Waals surface area contributed by atoms with E-state index in [0.29, 0.717) is 46.4 Å². The summed E-state index contributed by atoms with van der Waals surface area (Å²) < 4.78 is 43.5. The van der Waals surface area contributed by atoms with Gasteiger partial charge in [-0.1, -0.05) is 18.7 Å². The van der Waals surface area contributed by atoms with E-state index in [1.54, 1.807) is 55.0 Å². The third-order valence-corrected chi connectivity index (χ3v) is 6.96. The number of likely N-dealkylation sites (tertiary alicyclic amines) is 1. The second-order valence-corrected chi connectivity index (χ2v) is 9.75. The van der Waals surface area contributed by atoms with Gasteiger partial charge in [-0.3, -0.25) is 25.0 Å². The van der Waals surface area contributed by atoms with E-state index in [4.69, 9.17) is 4.98 Å². The van der Waals surface area contributed by atoms with E-state index in [9.17, 15) is 8.78 Å². The number of halogens is 3. The van der Waals surface area contributed by atoms with E-state index in [1.807, 2.05) is 12.1 Å². The molecule has 6 heterocycles. The molecule has 0 radical (unpaired) electrons. The summed E-state index contributed by atoms with van der Waals surface area (Å²) in [4.78, 5) is 22.4. The smallest absolute Gasteiger partial charge is 0.261 e. The van der Waals surface area contributed by atoms with E-state index >= 15 is 4.39 Å². The number of nitrogens with one attached hydrogen (secondary N) is 2. The number of hydrogen-bond donors (Lipinski definition) is 2. The van der Waals surface area contributed by atoms with Crippen LogP contribution in [0.2, 0.25) is 0 Å². The third-order valence-electron chi connectivity index (χ3n) is 6.96. The molecule has 0 unspecified atom stereocenters. The minimum Gasteiger partial charge on any atom is -0.335 e. The summed E-state index contributed by atoms with van der Waals surface area (Å²) in [5.74, 6) is -2.93. The topological polar surface area (TPSA) is 99.3 Å². The molecule has 0 spiro atoms. The van der Waals surface area contributed by atoms with Crippen LogP contribution >= 0.6 is 0 Å². The van der Waals surface area contributed by atoms with Crippen LogP contribution in [-0.4, -0.2) is 59.0 Å². The fraction of sp³-hybridized carbons (Fsp3) is 0.207. The molecule has 6 rings (SSSR count). The van der Waals surface area contributed by atoms with Gasteiger partial charge >= 0.3 is 0 Å². The van der Waals surface area contributed by atoms with Gasteiger partial charge in [-0.05, 0) is 24.6 Å². The normalized spacial score (nSPS) is 16.6. The number of aromatic amines is 2. The monoisotopic (exact) mass is 542 g/mol. The van der Waals surface area contributed by atoms with Gasteiger partial charge in [0.05, 0.1) is 28.8 Å². The number of rotatable bonds is 6. The van der Waals surface area contributed by atoms with E-state index in [1.165, 1.54) is 6.20 Å². The number of fused-ring (bicyclic) bond motifs is 1. The van der Waals surface area contributed by atoms with Crippen LogP contribution in [-0.2, 0) is 6.54 Å². The molecule has 11 heteroatoms. The van der Waals surface area contributed by atoms with E-state index < -0.39 is 11.7 Å². The molecule has 8 nitrogen and oxygen atoms in total. The molecular weight excluding hydrogens is 517 g/mol. The van der Waals surface area contributed by atoms with E-state index in [2.05, 4.69) is 36.7 Å². The van der Waals surface area contributed by atoms with Gasteiger partial charge in [0.2, 0.25) is 0 Å². The van der Waals surface area contributed by atoms with Crippen molar-refractivity contribution in [2.45, 2.75) is 25.8 Å². The van der Waals surface area contributed by atoms with Gasteiger partial charge in [0.1, 0.15) is 17.0 Å². The predicted octanol–water partition coefficient (Wildman–Crippen LogP) is 4.24. The minimum atomic E-state index is -2.69. The maximum atomic E-state index is 16.2. The van der Waals surface area contributed by atoms with Crippen molar-refractivity contribution in [2.75, 3.05) is 13.1 Å². The van der Waals surface area contributed by atoms with Gasteiger partial charge in [0.25, 0.3) is 5.92 Å². The first-order valence-corrected chi connectivity index (χ1v) is 12.7. The zero-order chi connectivity index (χ0) is 27.9. The molecule has 1 fully saturated rings. The summed E-state index contributed by atoms with van der Waals surface area (Å²) in [6.45, 7) is 6.05. The SMILES string of the molecule is C=C(/C(F)=c1/c(-c2nc3c(-c4cccnc4)cncc3[nH]2)n[nH]/c1=C/C)c1cncc(CN2CCC(F)(F)C2)c1. The second kappa shape index (κ2) is 10.2. The lowest BCUT2D eigenvalue weighted by molar-refractivity contribution is 0.0115. The maximum Gasteiger partial charge on any atom is 0.261 e. The minimum absolute atomic E-state index is 0.0979. The summed E-state index contributed by atoms with van der Waals surface area (Å²) in [5.41, 5.74) is 4.46. The lowest BCUT2D eigenvalue weighted by Gasteiger charge is -2.16. The van der Waals surface area contributed by atoms with Gasteiger partial charge in [-0.15, -0.1) is 0 Å². The van der Waals surface area contributed by atoms with Gasteiger partial charge in [0, 0.05) is 72.8 Å². The maximum absolute atomic E-state index is 16.2. The van der Waals surface area contributed by atoms with Crippen LogP contribution in [0.5, 0.6) is 0 Å². The molecule has 0 bridgehead atoms. The van der Waals surface area contributed by atoms with Crippen molar-refractivity contribution < 1.29 is 13.2 Å². The number of H-pyrrole nitrogens is 2. The molecular formula is C29H25F3N8. The molecule has 202 valence electrons. The van der Waals surface area contributed by atoms with Crippen molar-refractivity contribution in [3.63, 3.8) is 0 Å². The molecule has 5 aromatic rings. The highest BCUT2D eigenvalue weighted by atomic mass is 19.3. The van der Waals surface area contributed by atoms with Crippen molar-refractivity contribution in [2.24, 2.45) is 0 Å². The first-order chi connectivity index (χ1) is 19.3. The van der Waals surface area contributed by atoms with Crippen LogP contribution in [0.15, 0.2) is 62.0 Å². The highest BCUT2D eigenvalue weighted by Crippen LogP contribution is 2.30. The number of imidazole rings is 1. The predicted molar refractivity (Wildman–Crippen MR) is 147 cm³/mol. The average Bonchev–Trinajstić information content (AvgIpc) is 3.68. The van der Waals surface area contributed by atoms with Crippen molar-refractivity contribution in [3.05, 3.63) is 83.7 Å². The molecule has 0 aliphatic carbocycles. The quantitative estimate of drug-likeness (QED) is 0.333. The molecule has 5 aromatic heterocycles. The first-order valence-electron chi connectivity index (χ1n) is 12.7. The van der Waals surface area contributed by atoms with Crippen LogP contribution in [0.4, 0.5) is 13.2 Å². The standard InChI is InChI=1S/C29H25F3N8/c1-3-22-24(25(30)17(2)20-9-18(10-34-12-20)15-40-8-6-29(31,32)16-40)27(39-38-22)28-36-23-14-35-13-21(26(23)37-28)19-5-4-7-33-11-19/h3-5,7,9-14,38H,2,6,8,15-16H2,1H3,(H,36,37)/b22-3+,25-24-. The number of aromatic nitrogens is 7. The fourth-order valence-corrected chi connectivity index (χ4v) is 4.95. The number of alkyl halides is 2. The number of pyridine rings is 3. The van der Waals surface area contributed by atoms with Crippen LogP contribution in [0.1, 0.15) is 24.5 Å². The Morgan fingerprint density at radius 3 is 2.75 bits per heavy atom. The molecule has 1 aliphatic rings. The summed E-state index contributed by atoms with van der Waals surface area (Å²) in [6.07, 6.45) is 11.4. The Morgan fingerprint density at radius 1 is 1.15 bits per heavy atom. The van der Waals surface area contributed by atoms with Crippen LogP contribution in [0, 0.1) is 0 Å². The number of allylic oxidation sites excluding steroid dienone is 1. The van der Waals surface area contributed by atoms with Gasteiger partial charge < -0.3 is 4.98 Å². The Balaban J connectivity index is 1.40. The molecule has 1 aliphatic heterocycles. The van der Waals surface area contributed by atoms with Crippen molar-refractivity contribution >= 4 is 28.5 Å². The van der Waals surface area contributed by atoms with Gasteiger partial charge in [-0.2, -0.15) is 5.10 Å². The summed E-state index contributed by atoms with van der Waals surface area (Å²) in [5, 5.41) is 7.92. The van der Waals surface area contributed by atoms with E-state index in [0.717, 1.165) is 11.1 Å². The van der Waals surface area contributed by atoms with Crippen LogP contribution in [0.3, 0.4) is 0 Å². The summed E-state index contributed by atoms with van der Waals surface area (Å²) in [6, 6.07) is 5.47. The van der Waals surface area contributed by atoms with Crippen molar-refractivity contribution in [3.8, 4) is 22.6 Å². The van der Waals surface area contributed by atoms with Crippen molar-refractivity contribution in [1.82, 2.24) is 40.0 Å². The Labute approximate surface area is 227 Å². The molecule has 1 saturated heterocycles. The van der Waals surface area contributed by atoms with Crippen LogP contribution in [0.25, 0.3) is 51.2 Å².